The normalized spacial score (nSPS) is 18.3. The van der Waals surface area contributed by atoms with Gasteiger partial charge in [-0.15, -0.1) is 0 Å². The molecule has 1 aliphatic heterocycles. The second-order valence-electron chi connectivity index (χ2n) is 8.28. The van der Waals surface area contributed by atoms with Crippen LogP contribution in [0.4, 0.5) is 11.4 Å². The Labute approximate surface area is 178 Å². The smallest absolute Gasteiger partial charge is 0.408 e. The molecule has 2 heterocycles. The van der Waals surface area contributed by atoms with Crippen molar-refractivity contribution in [2.45, 2.75) is 32.2 Å². The second kappa shape index (κ2) is 7.61. The Kier molecular flexibility index (Phi) is 4.77. The van der Waals surface area contributed by atoms with Gasteiger partial charge < -0.3 is 19.5 Å². The molecule has 1 atom stereocenters. The summed E-state index contributed by atoms with van der Waals surface area (Å²) in [6.07, 6.45) is 3.51. The zero-order chi connectivity index (χ0) is 21.5. The van der Waals surface area contributed by atoms with Crippen molar-refractivity contribution in [2.75, 3.05) is 29.9 Å². The molecule has 0 bridgehead atoms. The summed E-state index contributed by atoms with van der Waals surface area (Å²) in [7, 11) is 0. The van der Waals surface area contributed by atoms with E-state index in [4.69, 9.17) is 4.42 Å². The number of oxazole rings is 1. The number of nitrogens with one attached hydrogen (secondary N) is 2. The van der Waals surface area contributed by atoms with Gasteiger partial charge in [0.15, 0.2) is 5.58 Å². The third-order valence-corrected chi connectivity index (χ3v) is 6.21. The first-order valence-electron chi connectivity index (χ1n) is 10.6. The van der Waals surface area contributed by atoms with Crippen LogP contribution >= 0.6 is 0 Å². The number of carbonyl (C=O) groups excluding carboxylic acids is 2. The van der Waals surface area contributed by atoms with Gasteiger partial charge in [0.25, 0.3) is 0 Å². The molecule has 8 heteroatoms. The van der Waals surface area contributed by atoms with Crippen molar-refractivity contribution in [2.24, 2.45) is 0 Å². The first kappa shape index (κ1) is 19.4. The molecule has 0 radical (unpaired) electrons. The van der Waals surface area contributed by atoms with E-state index in [0.717, 1.165) is 12.8 Å². The van der Waals surface area contributed by atoms with Crippen LogP contribution in [0.25, 0.3) is 11.1 Å². The highest BCUT2D eigenvalue weighted by Gasteiger charge is 2.31. The average Bonchev–Trinajstić information content (AvgIpc) is 3.37. The van der Waals surface area contributed by atoms with Crippen LogP contribution in [-0.2, 0) is 22.4 Å². The molecular formula is C23H24N4O4. The van der Waals surface area contributed by atoms with Gasteiger partial charge in [0.2, 0.25) is 0 Å². The third kappa shape index (κ3) is 3.69. The monoisotopic (exact) mass is 420 g/mol. The van der Waals surface area contributed by atoms with Crippen molar-refractivity contribution >= 4 is 34.3 Å². The molecule has 160 valence electrons. The molecule has 2 aromatic carbocycles. The number of H-pyrrole nitrogens is 1. The number of fused-ring (bicyclic) bond motifs is 2. The van der Waals surface area contributed by atoms with Crippen molar-refractivity contribution in [3.8, 4) is 0 Å². The molecule has 1 aromatic heterocycles. The number of anilines is 2. The predicted octanol–water partition coefficient (Wildman–Crippen LogP) is 2.29. The highest BCUT2D eigenvalue weighted by Crippen LogP contribution is 2.28. The van der Waals surface area contributed by atoms with Crippen LogP contribution in [0, 0.1) is 0 Å². The van der Waals surface area contributed by atoms with Gasteiger partial charge >= 0.3 is 17.6 Å². The van der Waals surface area contributed by atoms with Gasteiger partial charge in [-0.3, -0.25) is 14.6 Å². The number of aryl methyl sites for hydroxylation is 2. The summed E-state index contributed by atoms with van der Waals surface area (Å²) in [6.45, 7) is 3.81. The zero-order valence-electron chi connectivity index (χ0n) is 17.3. The Balaban J connectivity index is 1.24. The summed E-state index contributed by atoms with van der Waals surface area (Å²) in [5.74, 6) is -1.82. The van der Waals surface area contributed by atoms with E-state index < -0.39 is 17.6 Å². The van der Waals surface area contributed by atoms with E-state index in [1.165, 1.54) is 29.3 Å². The van der Waals surface area contributed by atoms with Gasteiger partial charge in [0.1, 0.15) is 0 Å². The molecule has 0 saturated carbocycles. The van der Waals surface area contributed by atoms with Gasteiger partial charge in [-0.05, 0) is 61.6 Å². The summed E-state index contributed by atoms with van der Waals surface area (Å²) >= 11 is 0. The number of benzene rings is 2. The Bertz CT molecular complexity index is 1230. The number of nitrogens with zero attached hydrogens (tertiary/aromatic N) is 2. The van der Waals surface area contributed by atoms with E-state index in [9.17, 15) is 14.4 Å². The molecule has 2 N–H and O–H groups in total. The predicted molar refractivity (Wildman–Crippen MR) is 117 cm³/mol. The lowest BCUT2D eigenvalue weighted by molar-refractivity contribution is -0.144. The Morgan fingerprint density at radius 3 is 2.77 bits per heavy atom. The highest BCUT2D eigenvalue weighted by molar-refractivity contribution is 6.39. The minimum Gasteiger partial charge on any atom is -0.408 e. The van der Waals surface area contributed by atoms with Gasteiger partial charge in [-0.2, -0.15) is 0 Å². The molecule has 5 rings (SSSR count). The fraction of sp³-hybridized carbons (Fsp3) is 0.348. The number of hydrogen-bond acceptors (Lipinski definition) is 5. The molecule has 31 heavy (non-hydrogen) atoms. The van der Waals surface area contributed by atoms with Crippen LogP contribution < -0.4 is 16.0 Å². The minimum atomic E-state index is -0.699. The largest absolute Gasteiger partial charge is 0.417 e. The van der Waals surface area contributed by atoms with Crippen molar-refractivity contribution in [1.82, 2.24) is 9.88 Å². The van der Waals surface area contributed by atoms with E-state index in [1.807, 2.05) is 6.92 Å². The molecule has 3 aromatic rings. The van der Waals surface area contributed by atoms with Crippen molar-refractivity contribution in [3.63, 3.8) is 0 Å². The summed E-state index contributed by atoms with van der Waals surface area (Å²) in [6, 6.07) is 11.3. The molecule has 0 unspecified atom stereocenters. The molecule has 1 fully saturated rings. The maximum atomic E-state index is 12.8. The van der Waals surface area contributed by atoms with Crippen molar-refractivity contribution in [3.05, 3.63) is 58.1 Å². The number of carbonyl (C=O) groups is 2. The maximum Gasteiger partial charge on any atom is 0.417 e. The first-order chi connectivity index (χ1) is 15.0. The number of aromatic nitrogens is 1. The highest BCUT2D eigenvalue weighted by atomic mass is 16.4. The number of amides is 2. The molecule has 0 spiro atoms. The van der Waals surface area contributed by atoms with E-state index in [2.05, 4.69) is 33.4 Å². The van der Waals surface area contributed by atoms with Gasteiger partial charge in [-0.25, -0.2) is 4.79 Å². The van der Waals surface area contributed by atoms with Crippen molar-refractivity contribution < 1.29 is 14.0 Å². The van der Waals surface area contributed by atoms with Crippen LogP contribution in [0.3, 0.4) is 0 Å². The first-order valence-corrected chi connectivity index (χ1v) is 10.6. The fourth-order valence-electron chi connectivity index (χ4n) is 4.59. The van der Waals surface area contributed by atoms with E-state index in [0.29, 0.717) is 36.4 Å². The maximum absolute atomic E-state index is 12.8. The summed E-state index contributed by atoms with van der Waals surface area (Å²) in [5, 5.41) is 2.61. The summed E-state index contributed by atoms with van der Waals surface area (Å²) in [4.78, 5) is 43.1. The Morgan fingerprint density at radius 1 is 1.10 bits per heavy atom. The number of rotatable bonds is 2. The lowest BCUT2D eigenvalue weighted by Gasteiger charge is -2.40. The minimum absolute atomic E-state index is 0.0922. The van der Waals surface area contributed by atoms with Crippen LogP contribution in [0.5, 0.6) is 0 Å². The van der Waals surface area contributed by atoms with Gasteiger partial charge in [-0.1, -0.05) is 6.07 Å². The molecule has 1 saturated heterocycles. The molecule has 1 aliphatic carbocycles. The standard InChI is InChI=1S/C23H24N4O4/c1-14-13-26(18-7-5-15-3-2-4-16(15)11-18)9-10-27(14)22(29)21(28)24-17-6-8-19-20(12-17)31-23(30)25-19/h5-8,11-12,14H,2-4,9-10,13H2,1H3,(H,24,28)(H,25,30)/t14-/m1/s1. The summed E-state index contributed by atoms with van der Waals surface area (Å²) < 4.78 is 5.00. The topological polar surface area (TPSA) is 98.6 Å². The number of aromatic amines is 1. The Hall–Kier alpha value is -3.55. The van der Waals surface area contributed by atoms with E-state index in [1.54, 1.807) is 17.0 Å². The van der Waals surface area contributed by atoms with Crippen molar-refractivity contribution in [1.29, 1.82) is 0 Å². The van der Waals surface area contributed by atoms with Crippen LogP contribution in [0.2, 0.25) is 0 Å². The third-order valence-electron chi connectivity index (χ3n) is 6.21. The second-order valence-corrected chi connectivity index (χ2v) is 8.28. The van der Waals surface area contributed by atoms with Crippen LogP contribution in [-0.4, -0.2) is 47.4 Å². The number of hydrogen-bond donors (Lipinski definition) is 2. The molecule has 2 amide bonds. The zero-order valence-corrected chi connectivity index (χ0v) is 17.3. The SMILES string of the molecule is C[C@@H]1CN(c2ccc3c(c2)CCC3)CCN1C(=O)C(=O)Nc1ccc2[nH]c(=O)oc2c1. The molecule has 2 aliphatic rings. The summed E-state index contributed by atoms with van der Waals surface area (Å²) in [5.41, 5.74) is 5.32. The number of piperazine rings is 1. The lowest BCUT2D eigenvalue weighted by Crippen LogP contribution is -2.56. The Morgan fingerprint density at radius 2 is 1.94 bits per heavy atom. The van der Waals surface area contributed by atoms with Crippen LogP contribution in [0.15, 0.2) is 45.6 Å². The van der Waals surface area contributed by atoms with E-state index >= 15 is 0 Å². The molecular weight excluding hydrogens is 396 g/mol. The average molecular weight is 420 g/mol. The van der Waals surface area contributed by atoms with Crippen LogP contribution in [0.1, 0.15) is 24.5 Å². The fourth-order valence-corrected chi connectivity index (χ4v) is 4.59. The molecule has 8 nitrogen and oxygen atoms in total. The van der Waals surface area contributed by atoms with Gasteiger partial charge in [0.05, 0.1) is 5.52 Å². The lowest BCUT2D eigenvalue weighted by atomic mass is 10.1. The quantitative estimate of drug-likeness (QED) is 0.620. The van der Waals surface area contributed by atoms with Gasteiger partial charge in [0, 0.05) is 43.1 Å². The van der Waals surface area contributed by atoms with E-state index in [-0.39, 0.29) is 6.04 Å².